The number of fused-ring (bicyclic) bond motifs is 4. The maximum Gasteiger partial charge on any atom is 0.164 e. The van der Waals surface area contributed by atoms with Crippen LogP contribution in [0.1, 0.15) is 25.0 Å². The van der Waals surface area contributed by atoms with Gasteiger partial charge in [0.05, 0.1) is 8.07 Å². The highest BCUT2D eigenvalue weighted by atomic mass is 28.3. The van der Waals surface area contributed by atoms with Crippen molar-refractivity contribution < 1.29 is 0 Å². The molecule has 3 nitrogen and oxygen atoms in total. The van der Waals surface area contributed by atoms with Crippen molar-refractivity contribution in [3.63, 3.8) is 0 Å². The van der Waals surface area contributed by atoms with Gasteiger partial charge in [-0.25, -0.2) is 15.0 Å². The molecule has 0 aliphatic heterocycles. The van der Waals surface area contributed by atoms with Crippen molar-refractivity contribution in [2.45, 2.75) is 38.9 Å². The van der Waals surface area contributed by atoms with Crippen LogP contribution < -0.4 is 5.19 Å². The molecule has 8 aromatic rings. The van der Waals surface area contributed by atoms with Crippen LogP contribution in [0.4, 0.5) is 0 Å². The first-order valence-corrected chi connectivity index (χ1v) is 21.9. The van der Waals surface area contributed by atoms with Crippen LogP contribution >= 0.6 is 0 Å². The number of nitrogens with zero attached hydrogens (tertiary/aromatic N) is 3. The molecular formula is C49H41N3Si. The molecule has 0 amide bonds. The van der Waals surface area contributed by atoms with Gasteiger partial charge in [0.2, 0.25) is 0 Å². The van der Waals surface area contributed by atoms with Gasteiger partial charge in [-0.1, -0.05) is 184 Å². The summed E-state index contributed by atoms with van der Waals surface area (Å²) in [6, 6.07) is 56.7. The standard InChI is InChI=1S/C49H41N3Si/c1-49(2)43-29-27-37(38-18-12-20-41-39(38)19-13-21-45(41)53(3,4)5)30-42(43)40-28-26-36(31-44(40)49)32-22-24-35(25-23-32)48-51-46(33-14-8-6-9-15-33)50-47(52-48)34-16-10-7-11-17-34/h6-31H,1-5H3. The Labute approximate surface area is 313 Å². The monoisotopic (exact) mass is 699 g/mol. The number of benzene rings is 7. The van der Waals surface area contributed by atoms with E-state index in [4.69, 9.17) is 15.0 Å². The van der Waals surface area contributed by atoms with Gasteiger partial charge in [0, 0.05) is 22.1 Å². The largest absolute Gasteiger partial charge is 0.208 e. The molecule has 0 radical (unpaired) electrons. The summed E-state index contributed by atoms with van der Waals surface area (Å²) >= 11 is 0. The van der Waals surface area contributed by atoms with Crippen LogP contribution in [-0.2, 0) is 5.41 Å². The lowest BCUT2D eigenvalue weighted by molar-refractivity contribution is 0.660. The summed E-state index contributed by atoms with van der Waals surface area (Å²) in [6.45, 7) is 12.0. The molecular weight excluding hydrogens is 659 g/mol. The molecule has 0 N–H and O–H groups in total. The Kier molecular flexibility index (Phi) is 7.83. The lowest BCUT2D eigenvalue weighted by Gasteiger charge is -2.22. The molecule has 0 fully saturated rings. The Morgan fingerprint density at radius 2 is 0.906 bits per heavy atom. The number of aromatic nitrogens is 3. The van der Waals surface area contributed by atoms with Crippen molar-refractivity contribution in [3.8, 4) is 67.5 Å². The smallest absolute Gasteiger partial charge is 0.164 e. The molecule has 1 heterocycles. The summed E-state index contributed by atoms with van der Waals surface area (Å²) in [4.78, 5) is 14.7. The van der Waals surface area contributed by atoms with Gasteiger partial charge < -0.3 is 0 Å². The van der Waals surface area contributed by atoms with Crippen molar-refractivity contribution in [1.29, 1.82) is 0 Å². The van der Waals surface area contributed by atoms with Crippen LogP contribution in [0.3, 0.4) is 0 Å². The molecule has 256 valence electrons. The minimum atomic E-state index is -1.50. The van der Waals surface area contributed by atoms with Gasteiger partial charge in [-0.3, -0.25) is 0 Å². The van der Waals surface area contributed by atoms with Crippen LogP contribution in [-0.4, -0.2) is 23.0 Å². The molecule has 0 bridgehead atoms. The minimum absolute atomic E-state index is 0.116. The molecule has 0 saturated carbocycles. The van der Waals surface area contributed by atoms with Crippen molar-refractivity contribution in [2.75, 3.05) is 0 Å². The molecule has 1 aromatic heterocycles. The van der Waals surface area contributed by atoms with E-state index in [0.29, 0.717) is 17.5 Å². The third-order valence-electron chi connectivity index (χ3n) is 10.9. The second-order valence-electron chi connectivity index (χ2n) is 15.7. The molecule has 1 aliphatic rings. The zero-order valence-electron chi connectivity index (χ0n) is 30.9. The molecule has 9 rings (SSSR count). The third-order valence-corrected chi connectivity index (χ3v) is 12.9. The summed E-state index contributed by atoms with van der Waals surface area (Å²) in [7, 11) is -1.50. The summed E-state index contributed by atoms with van der Waals surface area (Å²) < 4.78 is 0. The Balaban J connectivity index is 1.07. The van der Waals surface area contributed by atoms with Crippen LogP contribution in [0, 0.1) is 0 Å². The van der Waals surface area contributed by atoms with E-state index in [1.807, 2.05) is 60.7 Å². The van der Waals surface area contributed by atoms with Crippen molar-refractivity contribution in [3.05, 3.63) is 169 Å². The van der Waals surface area contributed by atoms with Crippen molar-refractivity contribution in [1.82, 2.24) is 15.0 Å². The third kappa shape index (κ3) is 5.80. The van der Waals surface area contributed by atoms with Crippen molar-refractivity contribution in [2.24, 2.45) is 0 Å². The number of rotatable bonds is 6. The minimum Gasteiger partial charge on any atom is -0.208 e. The average molecular weight is 700 g/mol. The summed E-state index contributed by atoms with van der Waals surface area (Å²) in [5, 5.41) is 4.26. The zero-order chi connectivity index (χ0) is 36.3. The van der Waals surface area contributed by atoms with Gasteiger partial charge >= 0.3 is 0 Å². The summed E-state index contributed by atoms with van der Waals surface area (Å²) in [5.41, 5.74) is 13.1. The van der Waals surface area contributed by atoms with E-state index >= 15 is 0 Å². The first-order chi connectivity index (χ1) is 25.6. The predicted octanol–water partition coefficient (Wildman–Crippen LogP) is 12.2. The van der Waals surface area contributed by atoms with Crippen molar-refractivity contribution >= 4 is 24.0 Å². The Hall–Kier alpha value is -5.97. The van der Waals surface area contributed by atoms with Gasteiger partial charge in [-0.2, -0.15) is 0 Å². The Morgan fingerprint density at radius 1 is 0.377 bits per heavy atom. The van der Waals surface area contributed by atoms with E-state index in [1.165, 1.54) is 60.5 Å². The number of hydrogen-bond acceptors (Lipinski definition) is 3. The van der Waals surface area contributed by atoms with E-state index in [-0.39, 0.29) is 5.41 Å². The second kappa shape index (κ2) is 12.6. The van der Waals surface area contributed by atoms with E-state index in [1.54, 1.807) is 0 Å². The second-order valence-corrected chi connectivity index (χ2v) is 20.8. The SMILES string of the molecule is CC1(C)c2ccc(-c3cccc4c([Si](C)(C)C)cccc34)cc2-c2ccc(-c3ccc(-c4nc(-c5ccccc5)nc(-c5ccccc5)n4)cc3)cc21. The molecule has 53 heavy (non-hydrogen) atoms. The normalized spacial score (nSPS) is 13.2. The average Bonchev–Trinajstić information content (AvgIpc) is 3.42. The molecule has 4 heteroatoms. The molecule has 0 spiro atoms. The van der Waals surface area contributed by atoms with Crippen LogP contribution in [0.5, 0.6) is 0 Å². The van der Waals surface area contributed by atoms with Crippen LogP contribution in [0.2, 0.25) is 19.6 Å². The van der Waals surface area contributed by atoms with E-state index < -0.39 is 8.07 Å². The highest BCUT2D eigenvalue weighted by molar-refractivity contribution is 6.90. The fraction of sp³-hybridized carbons (Fsp3) is 0.122. The van der Waals surface area contributed by atoms with Gasteiger partial charge in [-0.15, -0.1) is 0 Å². The van der Waals surface area contributed by atoms with Gasteiger partial charge in [0.1, 0.15) is 0 Å². The van der Waals surface area contributed by atoms with Gasteiger partial charge in [0.25, 0.3) is 0 Å². The maximum atomic E-state index is 4.93. The van der Waals surface area contributed by atoms with E-state index in [9.17, 15) is 0 Å². The highest BCUT2D eigenvalue weighted by Gasteiger charge is 2.36. The molecule has 0 unspecified atom stereocenters. The molecule has 1 aliphatic carbocycles. The highest BCUT2D eigenvalue weighted by Crippen LogP contribution is 2.51. The van der Waals surface area contributed by atoms with Crippen LogP contribution in [0.25, 0.3) is 78.3 Å². The summed E-state index contributed by atoms with van der Waals surface area (Å²) in [6.07, 6.45) is 0. The topological polar surface area (TPSA) is 38.7 Å². The molecule has 0 atom stereocenters. The number of hydrogen-bond donors (Lipinski definition) is 0. The van der Waals surface area contributed by atoms with E-state index in [2.05, 4.69) is 131 Å². The maximum absolute atomic E-state index is 4.93. The summed E-state index contributed by atoms with van der Waals surface area (Å²) in [5.74, 6) is 1.99. The quantitative estimate of drug-likeness (QED) is 0.162. The fourth-order valence-electron chi connectivity index (χ4n) is 8.07. The van der Waals surface area contributed by atoms with E-state index in [0.717, 1.165) is 16.7 Å². The lowest BCUT2D eigenvalue weighted by Crippen LogP contribution is -2.37. The zero-order valence-corrected chi connectivity index (χ0v) is 31.9. The first-order valence-electron chi connectivity index (χ1n) is 18.4. The Bertz CT molecular complexity index is 2600. The van der Waals surface area contributed by atoms with Gasteiger partial charge in [0.15, 0.2) is 17.5 Å². The predicted molar refractivity (Wildman–Crippen MR) is 225 cm³/mol. The van der Waals surface area contributed by atoms with Gasteiger partial charge in [-0.05, 0) is 67.4 Å². The lowest BCUT2D eigenvalue weighted by atomic mass is 9.81. The molecule has 7 aromatic carbocycles. The van der Waals surface area contributed by atoms with Crippen LogP contribution in [0.15, 0.2) is 158 Å². The Morgan fingerprint density at radius 3 is 1.53 bits per heavy atom. The first kappa shape index (κ1) is 32.9. The molecule has 0 saturated heterocycles. The fourth-order valence-corrected chi connectivity index (χ4v) is 9.69.